The van der Waals surface area contributed by atoms with E-state index in [2.05, 4.69) is 14.7 Å². The summed E-state index contributed by atoms with van der Waals surface area (Å²) in [5, 5.41) is 0.140. The number of rotatable bonds is 4. The molecular formula is C12H12ClN3O2S. The second kappa shape index (κ2) is 5.64. The highest BCUT2D eigenvalue weighted by Crippen LogP contribution is 2.21. The van der Waals surface area contributed by atoms with Gasteiger partial charge in [0.1, 0.15) is 4.90 Å². The zero-order chi connectivity index (χ0) is 13.9. The van der Waals surface area contributed by atoms with Gasteiger partial charge in [0.05, 0.1) is 5.02 Å². The highest BCUT2D eigenvalue weighted by Gasteiger charge is 2.21. The lowest BCUT2D eigenvalue weighted by atomic mass is 10.2. The van der Waals surface area contributed by atoms with E-state index in [4.69, 9.17) is 11.6 Å². The number of aromatic nitrogens is 2. The molecule has 1 N–H and O–H groups in total. The van der Waals surface area contributed by atoms with Crippen molar-refractivity contribution in [1.82, 2.24) is 14.7 Å². The monoisotopic (exact) mass is 297 g/mol. The molecule has 2 aromatic heterocycles. The van der Waals surface area contributed by atoms with Gasteiger partial charge in [-0.15, -0.1) is 0 Å². The number of nitrogens with one attached hydrogen (secondary N) is 1. The van der Waals surface area contributed by atoms with Crippen LogP contribution in [0.5, 0.6) is 0 Å². The van der Waals surface area contributed by atoms with Gasteiger partial charge in [-0.25, -0.2) is 13.1 Å². The summed E-state index contributed by atoms with van der Waals surface area (Å²) in [6, 6.07) is 4.57. The molecule has 0 aliphatic heterocycles. The Labute approximate surface area is 116 Å². The van der Waals surface area contributed by atoms with E-state index in [1.54, 1.807) is 31.5 Å². The molecule has 2 rings (SSSR count). The molecule has 5 nitrogen and oxygen atoms in total. The first-order valence-corrected chi connectivity index (χ1v) is 7.38. The van der Waals surface area contributed by atoms with Crippen LogP contribution in [0.4, 0.5) is 0 Å². The Balaban J connectivity index is 2.26. The molecule has 0 amide bonds. The van der Waals surface area contributed by atoms with Gasteiger partial charge in [-0.05, 0) is 24.6 Å². The Morgan fingerprint density at radius 2 is 1.95 bits per heavy atom. The summed E-state index contributed by atoms with van der Waals surface area (Å²) < 4.78 is 26.9. The van der Waals surface area contributed by atoms with Crippen molar-refractivity contribution in [2.75, 3.05) is 0 Å². The third-order valence-corrected chi connectivity index (χ3v) is 4.55. The smallest absolute Gasteiger partial charge is 0.244 e. The minimum Gasteiger partial charge on any atom is -0.264 e. The molecule has 0 spiro atoms. The first-order chi connectivity index (χ1) is 9.00. The molecule has 0 aliphatic carbocycles. The van der Waals surface area contributed by atoms with Crippen LogP contribution in [0.3, 0.4) is 0 Å². The van der Waals surface area contributed by atoms with Gasteiger partial charge in [0.2, 0.25) is 10.0 Å². The Morgan fingerprint density at radius 3 is 2.58 bits per heavy atom. The van der Waals surface area contributed by atoms with Crippen LogP contribution in [0.2, 0.25) is 5.02 Å². The number of hydrogen-bond acceptors (Lipinski definition) is 4. The van der Waals surface area contributed by atoms with Crippen LogP contribution in [0.1, 0.15) is 18.5 Å². The second-order valence-corrected chi connectivity index (χ2v) is 6.03. The van der Waals surface area contributed by atoms with Gasteiger partial charge >= 0.3 is 0 Å². The van der Waals surface area contributed by atoms with Gasteiger partial charge in [0, 0.05) is 30.8 Å². The van der Waals surface area contributed by atoms with Crippen molar-refractivity contribution in [2.45, 2.75) is 17.9 Å². The molecule has 1 unspecified atom stereocenters. The first kappa shape index (κ1) is 13.9. The van der Waals surface area contributed by atoms with E-state index in [0.29, 0.717) is 0 Å². The maximum absolute atomic E-state index is 12.2. The lowest BCUT2D eigenvalue weighted by molar-refractivity contribution is 0.566. The quantitative estimate of drug-likeness (QED) is 0.939. The molecule has 0 aliphatic rings. The van der Waals surface area contributed by atoms with Crippen molar-refractivity contribution in [1.29, 1.82) is 0 Å². The maximum Gasteiger partial charge on any atom is 0.244 e. The maximum atomic E-state index is 12.2. The number of pyridine rings is 2. The number of sulfonamides is 1. The molecule has 0 radical (unpaired) electrons. The van der Waals surface area contributed by atoms with Crippen molar-refractivity contribution in [3.05, 3.63) is 53.6 Å². The summed E-state index contributed by atoms with van der Waals surface area (Å²) in [5.74, 6) is 0. The molecule has 2 heterocycles. The highest BCUT2D eigenvalue weighted by atomic mass is 35.5. The Bertz CT molecular complexity index is 662. The second-order valence-electron chi connectivity index (χ2n) is 3.94. The molecule has 0 bridgehead atoms. The van der Waals surface area contributed by atoms with Gasteiger partial charge in [0.25, 0.3) is 0 Å². The zero-order valence-corrected chi connectivity index (χ0v) is 11.7. The lowest BCUT2D eigenvalue weighted by Gasteiger charge is -2.14. The van der Waals surface area contributed by atoms with Gasteiger partial charge < -0.3 is 0 Å². The first-order valence-electron chi connectivity index (χ1n) is 5.52. The fourth-order valence-corrected chi connectivity index (χ4v) is 3.22. The molecule has 0 saturated carbocycles. The zero-order valence-electron chi connectivity index (χ0n) is 10.1. The normalized spacial score (nSPS) is 13.2. The standard InChI is InChI=1S/C12H12ClN3O2S/c1-9(10-3-2-5-14-7-10)16-19(17,18)12-8-15-6-4-11(12)13/h2-9,16H,1H3. The van der Waals surface area contributed by atoms with Crippen LogP contribution in [0.15, 0.2) is 47.9 Å². The van der Waals surface area contributed by atoms with Crippen LogP contribution >= 0.6 is 11.6 Å². The Kier molecular flexibility index (Phi) is 4.14. The third-order valence-electron chi connectivity index (χ3n) is 2.54. The largest absolute Gasteiger partial charge is 0.264 e. The Morgan fingerprint density at radius 1 is 1.21 bits per heavy atom. The van der Waals surface area contributed by atoms with Crippen molar-refractivity contribution < 1.29 is 8.42 Å². The fourth-order valence-electron chi connectivity index (χ4n) is 1.56. The molecule has 19 heavy (non-hydrogen) atoms. The summed E-state index contributed by atoms with van der Waals surface area (Å²) in [6.07, 6.45) is 5.90. The summed E-state index contributed by atoms with van der Waals surface area (Å²) in [5.41, 5.74) is 0.770. The number of nitrogens with zero attached hydrogens (tertiary/aromatic N) is 2. The molecule has 1 atom stereocenters. The van der Waals surface area contributed by atoms with Crippen LogP contribution in [0, 0.1) is 0 Å². The van der Waals surface area contributed by atoms with Gasteiger partial charge in [-0.2, -0.15) is 0 Å². The lowest BCUT2D eigenvalue weighted by Crippen LogP contribution is -2.27. The predicted molar refractivity (Wildman–Crippen MR) is 72.2 cm³/mol. The van der Waals surface area contributed by atoms with Gasteiger partial charge in [-0.1, -0.05) is 17.7 Å². The van der Waals surface area contributed by atoms with Crippen LogP contribution in [0.25, 0.3) is 0 Å². The molecule has 100 valence electrons. The molecule has 2 aromatic rings. The molecular weight excluding hydrogens is 286 g/mol. The predicted octanol–water partition coefficient (Wildman–Crippen LogP) is 2.17. The average Bonchev–Trinajstić information content (AvgIpc) is 2.39. The molecule has 0 fully saturated rings. The number of halogens is 1. The van der Waals surface area contributed by atoms with Gasteiger partial charge in [-0.3, -0.25) is 9.97 Å². The van der Waals surface area contributed by atoms with E-state index in [0.717, 1.165) is 5.56 Å². The van der Waals surface area contributed by atoms with E-state index in [1.807, 2.05) is 0 Å². The van der Waals surface area contributed by atoms with Crippen LogP contribution < -0.4 is 4.72 Å². The third kappa shape index (κ3) is 3.28. The van der Waals surface area contributed by atoms with Crippen LogP contribution in [-0.4, -0.2) is 18.4 Å². The van der Waals surface area contributed by atoms with E-state index < -0.39 is 16.1 Å². The summed E-state index contributed by atoms with van der Waals surface area (Å²) >= 11 is 5.87. The van der Waals surface area contributed by atoms with Crippen molar-refractivity contribution in [3.8, 4) is 0 Å². The minimum atomic E-state index is -3.71. The fraction of sp³-hybridized carbons (Fsp3) is 0.167. The van der Waals surface area contributed by atoms with Crippen molar-refractivity contribution in [2.24, 2.45) is 0 Å². The molecule has 0 aromatic carbocycles. The van der Waals surface area contributed by atoms with Gasteiger partial charge in [0.15, 0.2) is 0 Å². The van der Waals surface area contributed by atoms with E-state index in [1.165, 1.54) is 18.5 Å². The van der Waals surface area contributed by atoms with E-state index in [-0.39, 0.29) is 9.92 Å². The summed E-state index contributed by atoms with van der Waals surface area (Å²) in [4.78, 5) is 7.69. The van der Waals surface area contributed by atoms with Crippen LogP contribution in [-0.2, 0) is 10.0 Å². The van der Waals surface area contributed by atoms with E-state index in [9.17, 15) is 8.42 Å². The topological polar surface area (TPSA) is 72.0 Å². The van der Waals surface area contributed by atoms with E-state index >= 15 is 0 Å². The highest BCUT2D eigenvalue weighted by molar-refractivity contribution is 7.89. The SMILES string of the molecule is CC(NS(=O)(=O)c1cnccc1Cl)c1cccnc1. The summed E-state index contributed by atoms with van der Waals surface area (Å²) in [7, 11) is -3.71. The Hall–Kier alpha value is -1.50. The molecule has 7 heteroatoms. The average molecular weight is 298 g/mol. The van der Waals surface area contributed by atoms with Crippen molar-refractivity contribution in [3.63, 3.8) is 0 Å². The minimum absolute atomic E-state index is 0.0348. The summed E-state index contributed by atoms with van der Waals surface area (Å²) in [6.45, 7) is 1.73. The number of hydrogen-bond donors (Lipinski definition) is 1. The van der Waals surface area contributed by atoms with Crippen molar-refractivity contribution >= 4 is 21.6 Å². The molecule has 0 saturated heterocycles.